The van der Waals surface area contributed by atoms with E-state index in [1.807, 2.05) is 12.1 Å². The largest absolute Gasteiger partial charge is 0.276 e. The van der Waals surface area contributed by atoms with Gasteiger partial charge in [0.05, 0.1) is 12.1 Å². The smallest absolute Gasteiger partial charge is 0.212 e. The van der Waals surface area contributed by atoms with Gasteiger partial charge in [-0.3, -0.25) is 9.97 Å². The third kappa shape index (κ3) is 2.61. The summed E-state index contributed by atoms with van der Waals surface area (Å²) in [5.74, 6) is 0. The molecule has 146 valence electrons. The van der Waals surface area contributed by atoms with E-state index in [4.69, 9.17) is 6.57 Å². The number of benzene rings is 4. The number of hydrogen-bond acceptors (Lipinski definition) is 3. The molecule has 2 aromatic heterocycles. The molecule has 0 aliphatic carbocycles. The van der Waals surface area contributed by atoms with Crippen LogP contribution in [-0.2, 0) is 0 Å². The van der Waals surface area contributed by atoms with Crippen LogP contribution in [0.5, 0.6) is 0 Å². The van der Waals surface area contributed by atoms with Crippen LogP contribution in [0.2, 0.25) is 0 Å². The lowest BCUT2D eigenvalue weighted by Crippen LogP contribution is -1.89. The first-order chi connectivity index (χ1) is 15.8. The highest BCUT2D eigenvalue weighted by Gasteiger charge is 2.14. The van der Waals surface area contributed by atoms with Crippen molar-refractivity contribution in [3.8, 4) is 28.3 Å². The summed E-state index contributed by atoms with van der Waals surface area (Å²) in [6.45, 7) is 7.48. The first-order valence-electron chi connectivity index (χ1n) is 10.2. The highest BCUT2D eigenvalue weighted by Crippen LogP contribution is 2.40. The minimum Gasteiger partial charge on any atom is -0.276 e. The van der Waals surface area contributed by atoms with Gasteiger partial charge >= 0.3 is 0 Å². The molecule has 0 N–H and O–H groups in total. The van der Waals surface area contributed by atoms with Gasteiger partial charge in [0.2, 0.25) is 5.69 Å². The first-order valence-corrected chi connectivity index (χ1v) is 10.2. The van der Waals surface area contributed by atoms with Gasteiger partial charge in [0, 0.05) is 30.4 Å². The molecule has 32 heavy (non-hydrogen) atoms. The molecule has 0 aliphatic rings. The minimum absolute atomic E-state index is 0.551. The summed E-state index contributed by atoms with van der Waals surface area (Å²) in [5, 5.41) is 16.5. The fourth-order valence-corrected chi connectivity index (χ4v) is 4.60. The van der Waals surface area contributed by atoms with Crippen LogP contribution in [0.25, 0.3) is 59.4 Å². The predicted octanol–water partition coefficient (Wildman–Crippen LogP) is 7.13. The van der Waals surface area contributed by atoms with Gasteiger partial charge in [-0.2, -0.15) is 5.26 Å². The molecule has 0 unspecified atom stereocenters. The monoisotopic (exact) mass is 406 g/mol. The maximum Gasteiger partial charge on any atom is 0.212 e. The minimum atomic E-state index is 0.551. The summed E-state index contributed by atoms with van der Waals surface area (Å²) in [4.78, 5) is 11.8. The Bertz CT molecular complexity index is 1560. The van der Waals surface area contributed by atoms with Gasteiger partial charge in [-0.05, 0) is 85.4 Å². The molecule has 2 heterocycles. The number of hydrogen-bond donors (Lipinski definition) is 0. The van der Waals surface area contributed by atoms with E-state index in [-0.39, 0.29) is 0 Å². The zero-order chi connectivity index (χ0) is 21.7. The van der Waals surface area contributed by atoms with E-state index in [9.17, 15) is 5.26 Å². The molecule has 0 aliphatic heterocycles. The molecule has 0 fully saturated rings. The van der Waals surface area contributed by atoms with Crippen LogP contribution in [-0.4, -0.2) is 9.97 Å². The second kappa shape index (κ2) is 6.87. The summed E-state index contributed by atoms with van der Waals surface area (Å²) in [5.41, 5.74) is 4.92. The van der Waals surface area contributed by atoms with Gasteiger partial charge in [0.1, 0.15) is 6.07 Å². The number of nitrogens with zero attached hydrogens (tertiary/aromatic N) is 4. The van der Waals surface area contributed by atoms with Crippen LogP contribution in [0, 0.1) is 17.9 Å². The molecule has 0 atom stereocenters. The molecule has 4 nitrogen and oxygen atoms in total. The summed E-state index contributed by atoms with van der Waals surface area (Å²) in [6, 6.07) is 23.1. The second-order valence-corrected chi connectivity index (χ2v) is 7.76. The van der Waals surface area contributed by atoms with Crippen molar-refractivity contribution in [2.75, 3.05) is 0 Å². The van der Waals surface area contributed by atoms with Gasteiger partial charge in [-0.25, -0.2) is 4.85 Å². The Morgan fingerprint density at radius 3 is 1.72 bits per heavy atom. The van der Waals surface area contributed by atoms with Crippen molar-refractivity contribution in [1.82, 2.24) is 9.97 Å². The molecular formula is C28H14N4. The van der Waals surface area contributed by atoms with E-state index < -0.39 is 0 Å². The molecule has 0 radical (unpaired) electrons. The van der Waals surface area contributed by atoms with Crippen LogP contribution in [0.4, 0.5) is 5.69 Å². The van der Waals surface area contributed by atoms with Crippen LogP contribution < -0.4 is 0 Å². The van der Waals surface area contributed by atoms with Crippen molar-refractivity contribution in [1.29, 1.82) is 5.26 Å². The number of aromatic nitrogens is 2. The molecule has 0 saturated carbocycles. The summed E-state index contributed by atoms with van der Waals surface area (Å²) in [7, 11) is 0. The van der Waals surface area contributed by atoms with Crippen molar-refractivity contribution >= 4 is 38.0 Å². The topological polar surface area (TPSA) is 53.9 Å². The van der Waals surface area contributed by atoms with Crippen LogP contribution in [0.15, 0.2) is 85.5 Å². The summed E-state index contributed by atoms with van der Waals surface area (Å²) < 4.78 is 0. The van der Waals surface area contributed by atoms with Gasteiger partial charge in [-0.1, -0.05) is 24.3 Å². The Hall–Kier alpha value is -4.80. The normalized spacial score (nSPS) is 11.1. The Morgan fingerprint density at radius 2 is 1.19 bits per heavy atom. The lowest BCUT2D eigenvalue weighted by atomic mass is 9.89. The third-order valence-corrected chi connectivity index (χ3v) is 6.02. The Morgan fingerprint density at radius 1 is 0.688 bits per heavy atom. The molecule has 4 heteroatoms. The highest BCUT2D eigenvalue weighted by atomic mass is 14.7. The molecule has 0 saturated heterocycles. The fraction of sp³-hybridized carbons (Fsp3) is 0. The van der Waals surface area contributed by atoms with Gasteiger partial charge in [0.25, 0.3) is 0 Å². The molecule has 0 bridgehead atoms. The summed E-state index contributed by atoms with van der Waals surface area (Å²) in [6.07, 6.45) is 6.67. The first kappa shape index (κ1) is 18.0. The highest BCUT2D eigenvalue weighted by molar-refractivity contribution is 6.24. The Kier molecular flexibility index (Phi) is 3.87. The predicted molar refractivity (Wildman–Crippen MR) is 128 cm³/mol. The molecular weight excluding hydrogens is 392 g/mol. The molecule has 6 rings (SSSR count). The van der Waals surface area contributed by atoms with Crippen LogP contribution in [0.1, 0.15) is 5.56 Å². The van der Waals surface area contributed by atoms with Gasteiger partial charge in [0.15, 0.2) is 0 Å². The average molecular weight is 406 g/mol. The average Bonchev–Trinajstić information content (AvgIpc) is 2.86. The third-order valence-electron chi connectivity index (χ3n) is 6.02. The molecule has 6 aromatic rings. The lowest BCUT2D eigenvalue weighted by molar-refractivity contribution is 1.30. The van der Waals surface area contributed by atoms with E-state index in [2.05, 4.69) is 69.4 Å². The Labute approximate surface area is 184 Å². The quantitative estimate of drug-likeness (QED) is 0.227. The van der Waals surface area contributed by atoms with Crippen molar-refractivity contribution < 1.29 is 0 Å². The van der Waals surface area contributed by atoms with Crippen LogP contribution in [0.3, 0.4) is 0 Å². The van der Waals surface area contributed by atoms with Crippen molar-refractivity contribution in [2.45, 2.75) is 0 Å². The van der Waals surface area contributed by atoms with Crippen LogP contribution >= 0.6 is 0 Å². The maximum absolute atomic E-state index is 9.50. The van der Waals surface area contributed by atoms with E-state index >= 15 is 0 Å². The summed E-state index contributed by atoms with van der Waals surface area (Å²) >= 11 is 0. The SMILES string of the molecule is [C-]#[N+]c1cnccc1-c1cc2ccc3cc(-c4ccncc4C#N)cc4ccc(c1)c2c34. The number of rotatable bonds is 2. The van der Waals surface area contributed by atoms with Gasteiger partial charge in [-0.15, -0.1) is 0 Å². The fourth-order valence-electron chi connectivity index (χ4n) is 4.60. The van der Waals surface area contributed by atoms with Crippen molar-refractivity contribution in [3.63, 3.8) is 0 Å². The van der Waals surface area contributed by atoms with E-state index in [1.54, 1.807) is 24.8 Å². The van der Waals surface area contributed by atoms with E-state index in [0.29, 0.717) is 11.3 Å². The maximum atomic E-state index is 9.50. The van der Waals surface area contributed by atoms with E-state index in [0.717, 1.165) is 43.8 Å². The number of nitriles is 1. The zero-order valence-electron chi connectivity index (χ0n) is 16.9. The zero-order valence-corrected chi connectivity index (χ0v) is 16.9. The van der Waals surface area contributed by atoms with Crippen molar-refractivity contribution in [2.24, 2.45) is 0 Å². The van der Waals surface area contributed by atoms with Crippen molar-refractivity contribution in [3.05, 3.63) is 102 Å². The second-order valence-electron chi connectivity index (χ2n) is 7.76. The van der Waals surface area contributed by atoms with E-state index in [1.165, 1.54) is 10.8 Å². The molecule has 0 spiro atoms. The number of pyridine rings is 2. The molecule has 0 amide bonds. The Balaban J connectivity index is 1.63. The molecule has 4 aromatic carbocycles. The standard InChI is InChI=1S/C28H14N4/c1-30-26-16-32-9-7-25(26)22-12-19-4-2-17-10-21(24-6-8-31-15-23(24)14-29)11-18-3-5-20(13-22)28(19)27(17)18/h2-13,15-16H. The van der Waals surface area contributed by atoms with Gasteiger partial charge < -0.3 is 0 Å². The lowest BCUT2D eigenvalue weighted by Gasteiger charge is -2.15.